The van der Waals surface area contributed by atoms with Crippen LogP contribution in [0.5, 0.6) is 5.75 Å². The van der Waals surface area contributed by atoms with Crippen molar-refractivity contribution in [3.05, 3.63) is 80.0 Å². The van der Waals surface area contributed by atoms with Crippen LogP contribution in [-0.4, -0.2) is 75.7 Å². The molecule has 13 nitrogen and oxygen atoms in total. The van der Waals surface area contributed by atoms with Crippen molar-refractivity contribution < 1.29 is 32.6 Å². The Morgan fingerprint density at radius 2 is 1.96 bits per heavy atom. The standard InChI is InChI=1S/C37H34ClF3N8O5/c1-17-30(51)28(43-16-42-17)33(53)47-10-9-36(21-3-5-25(21)47)22-13-20(22)29-27(36)32(52)49-34(45-31(46-49)18-6-11-54-35(14-18)7-8-35)48(29)15-26(50)44-24-4-2-19(12-23(24)38)37(39,40)41/h2,4,6,12,16,20-22,25,51H,3,5,7-11,13-15H2,1H3,(H,44,50)/t20-,21+,22+,25-,36-/m0/s1. The lowest BCUT2D eigenvalue weighted by molar-refractivity contribution is -0.137. The highest BCUT2D eigenvalue weighted by Crippen LogP contribution is 2.72. The number of fused-ring (bicyclic) bond motifs is 8. The lowest BCUT2D eigenvalue weighted by Gasteiger charge is -2.58. The molecule has 5 heterocycles. The maximum atomic E-state index is 14.8. The lowest BCUT2D eigenvalue weighted by atomic mass is 9.54. The topological polar surface area (TPSA) is 157 Å². The van der Waals surface area contributed by atoms with Crippen molar-refractivity contribution >= 4 is 40.5 Å². The number of ether oxygens (including phenoxy) is 1. The molecule has 10 rings (SSSR count). The lowest BCUT2D eigenvalue weighted by Crippen LogP contribution is -2.64. The number of amides is 2. The summed E-state index contributed by atoms with van der Waals surface area (Å²) in [6.45, 7) is 2.06. The van der Waals surface area contributed by atoms with Crippen molar-refractivity contribution in [2.45, 2.75) is 87.6 Å². The minimum absolute atomic E-state index is 0.0210. The van der Waals surface area contributed by atoms with Gasteiger partial charge in [-0.05, 0) is 81.1 Å². The number of hydrogen-bond donors (Lipinski definition) is 2. The molecule has 54 heavy (non-hydrogen) atoms. The summed E-state index contributed by atoms with van der Waals surface area (Å²) < 4.78 is 49.0. The molecule has 6 aliphatic rings. The predicted molar refractivity (Wildman–Crippen MR) is 186 cm³/mol. The van der Waals surface area contributed by atoms with E-state index in [4.69, 9.17) is 26.4 Å². The predicted octanol–water partition coefficient (Wildman–Crippen LogP) is 5.02. The normalized spacial score (nSPS) is 27.3. The van der Waals surface area contributed by atoms with E-state index >= 15 is 0 Å². The Bertz CT molecular complexity index is 2420. The van der Waals surface area contributed by atoms with E-state index in [2.05, 4.69) is 15.3 Å². The molecule has 0 bridgehead atoms. The fourth-order valence-corrected chi connectivity index (χ4v) is 10.1. The molecule has 0 radical (unpaired) electrons. The second-order valence-electron chi connectivity index (χ2n) is 15.6. The smallest absolute Gasteiger partial charge is 0.416 e. The number of benzene rings is 1. The van der Waals surface area contributed by atoms with Gasteiger partial charge in [0, 0.05) is 41.6 Å². The average Bonchev–Trinajstić information content (AvgIpc) is 4.00. The Morgan fingerprint density at radius 1 is 1.15 bits per heavy atom. The number of hydrogen-bond acceptors (Lipinski definition) is 9. The van der Waals surface area contributed by atoms with Crippen LogP contribution in [0.2, 0.25) is 5.02 Å². The zero-order chi connectivity index (χ0) is 37.5. The summed E-state index contributed by atoms with van der Waals surface area (Å²) in [5.74, 6) is -0.570. The van der Waals surface area contributed by atoms with Crippen molar-refractivity contribution in [2.75, 3.05) is 18.5 Å². The molecule has 2 N–H and O–H groups in total. The van der Waals surface area contributed by atoms with Gasteiger partial charge in [-0.25, -0.2) is 9.97 Å². The van der Waals surface area contributed by atoms with Crippen molar-refractivity contribution in [2.24, 2.45) is 11.8 Å². The first-order valence-corrected chi connectivity index (χ1v) is 18.5. The number of nitrogens with zero attached hydrogens (tertiary/aromatic N) is 7. The zero-order valence-corrected chi connectivity index (χ0v) is 29.7. The van der Waals surface area contributed by atoms with Gasteiger partial charge in [0.05, 0.1) is 34.2 Å². The molecular weight excluding hydrogens is 729 g/mol. The third kappa shape index (κ3) is 4.84. The highest BCUT2D eigenvalue weighted by Gasteiger charge is 2.70. The van der Waals surface area contributed by atoms with Gasteiger partial charge in [-0.2, -0.15) is 22.7 Å². The van der Waals surface area contributed by atoms with Crippen LogP contribution in [0.3, 0.4) is 0 Å². The Labute approximate surface area is 310 Å². The molecule has 1 aromatic carbocycles. The molecule has 4 fully saturated rings. The SMILES string of the molecule is Cc1ncnc(C(=O)N2CC[C@]3(c4c(n(CC(=O)Nc5ccc(C(F)(F)F)cc5Cl)c5nc(C6=CCOC7(CC7)C6)nn5c4=O)[C@H]4C[C@H]43)[C@@H]3CC[C@@H]32)c1O. The molecule has 1 saturated heterocycles. The van der Waals surface area contributed by atoms with Crippen LogP contribution in [-0.2, 0) is 27.7 Å². The number of aryl methyl sites for hydroxylation is 1. The summed E-state index contributed by atoms with van der Waals surface area (Å²) in [5.41, 5.74) is 0.412. The number of aromatic hydroxyl groups is 1. The van der Waals surface area contributed by atoms with E-state index in [-0.39, 0.29) is 75.3 Å². The first kappa shape index (κ1) is 33.7. The number of rotatable bonds is 5. The van der Waals surface area contributed by atoms with E-state index in [1.54, 1.807) is 16.4 Å². The highest BCUT2D eigenvalue weighted by atomic mass is 35.5. The van der Waals surface area contributed by atoms with Crippen molar-refractivity contribution in [1.82, 2.24) is 34.0 Å². The van der Waals surface area contributed by atoms with E-state index in [0.29, 0.717) is 43.1 Å². The summed E-state index contributed by atoms with van der Waals surface area (Å²) in [6, 6.07) is 2.56. The van der Waals surface area contributed by atoms with Crippen LogP contribution >= 0.6 is 11.6 Å². The number of carbonyl (C=O) groups excluding carboxylic acids is 2. The number of halogens is 4. The van der Waals surface area contributed by atoms with Crippen LogP contribution in [0.1, 0.15) is 89.7 Å². The first-order chi connectivity index (χ1) is 25.8. The molecule has 3 saturated carbocycles. The third-order valence-electron chi connectivity index (χ3n) is 12.8. The van der Waals surface area contributed by atoms with Crippen LogP contribution in [0.15, 0.2) is 35.4 Å². The summed E-state index contributed by atoms with van der Waals surface area (Å²) >= 11 is 6.21. The zero-order valence-electron chi connectivity index (χ0n) is 29.0. The maximum absolute atomic E-state index is 14.8. The first-order valence-electron chi connectivity index (χ1n) is 18.1. The Hall–Kier alpha value is -4.83. The van der Waals surface area contributed by atoms with Gasteiger partial charge in [0.15, 0.2) is 17.3 Å². The largest absolute Gasteiger partial charge is 0.504 e. The van der Waals surface area contributed by atoms with Crippen molar-refractivity contribution in [3.8, 4) is 5.75 Å². The van der Waals surface area contributed by atoms with Crippen molar-refractivity contribution in [1.29, 1.82) is 0 Å². The van der Waals surface area contributed by atoms with Gasteiger partial charge in [-0.15, -0.1) is 5.10 Å². The Balaban J connectivity index is 1.05. The number of carbonyl (C=O) groups is 2. The molecule has 2 amide bonds. The monoisotopic (exact) mass is 762 g/mol. The Kier molecular flexibility index (Phi) is 7.09. The summed E-state index contributed by atoms with van der Waals surface area (Å²) in [4.78, 5) is 57.2. The average molecular weight is 763 g/mol. The highest BCUT2D eigenvalue weighted by molar-refractivity contribution is 6.33. The van der Waals surface area contributed by atoms with E-state index < -0.39 is 23.1 Å². The van der Waals surface area contributed by atoms with E-state index in [1.165, 1.54) is 10.8 Å². The minimum atomic E-state index is -4.60. The van der Waals surface area contributed by atoms with Crippen LogP contribution in [0.25, 0.3) is 11.4 Å². The number of likely N-dealkylation sites (tertiary alicyclic amines) is 1. The van der Waals surface area contributed by atoms with E-state index in [1.807, 2.05) is 6.08 Å². The van der Waals surface area contributed by atoms with E-state index in [0.717, 1.165) is 61.6 Å². The fourth-order valence-electron chi connectivity index (χ4n) is 9.88. The molecule has 5 atom stereocenters. The van der Waals surface area contributed by atoms with Gasteiger partial charge in [-0.3, -0.25) is 14.4 Å². The summed E-state index contributed by atoms with van der Waals surface area (Å²) in [6.07, 6.45) is 3.85. The molecule has 280 valence electrons. The second kappa shape index (κ2) is 11.4. The van der Waals surface area contributed by atoms with Gasteiger partial charge in [-0.1, -0.05) is 17.7 Å². The van der Waals surface area contributed by atoms with Gasteiger partial charge >= 0.3 is 6.18 Å². The molecule has 4 aromatic rings. The number of alkyl halides is 3. The van der Waals surface area contributed by atoms with Crippen LogP contribution in [0.4, 0.5) is 18.9 Å². The molecular formula is C37H34ClF3N8O5. The van der Waals surface area contributed by atoms with Crippen LogP contribution < -0.4 is 10.9 Å². The molecule has 17 heteroatoms. The van der Waals surface area contributed by atoms with Crippen LogP contribution in [0, 0.1) is 18.8 Å². The van der Waals surface area contributed by atoms with Gasteiger partial charge < -0.3 is 24.6 Å². The maximum Gasteiger partial charge on any atom is 0.416 e. The third-order valence-corrected chi connectivity index (χ3v) is 13.1. The number of aromatic nitrogens is 6. The number of piperidine rings is 1. The Morgan fingerprint density at radius 3 is 2.69 bits per heavy atom. The van der Waals surface area contributed by atoms with Gasteiger partial charge in [0.25, 0.3) is 11.5 Å². The van der Waals surface area contributed by atoms with Crippen molar-refractivity contribution in [3.63, 3.8) is 0 Å². The summed E-state index contributed by atoms with van der Waals surface area (Å²) in [7, 11) is 0. The van der Waals surface area contributed by atoms with E-state index in [9.17, 15) is 32.7 Å². The molecule has 0 unspecified atom stereocenters. The quantitative estimate of drug-likeness (QED) is 0.285. The molecule has 4 aliphatic carbocycles. The molecule has 3 aromatic heterocycles. The number of nitrogens with one attached hydrogen (secondary N) is 1. The second-order valence-corrected chi connectivity index (χ2v) is 16.0. The summed E-state index contributed by atoms with van der Waals surface area (Å²) in [5, 5.41) is 17.8. The molecule has 2 spiro atoms. The molecule has 2 aliphatic heterocycles. The van der Waals surface area contributed by atoms with Gasteiger partial charge in [0.2, 0.25) is 11.7 Å². The fraction of sp³-hybridized carbons (Fsp3) is 0.486. The minimum Gasteiger partial charge on any atom is -0.504 e. The van der Waals surface area contributed by atoms with Gasteiger partial charge in [0.1, 0.15) is 12.9 Å². The number of anilines is 1.